The Morgan fingerprint density at radius 1 is 1.20 bits per heavy atom. The van der Waals surface area contributed by atoms with E-state index >= 15 is 0 Å². The van der Waals surface area contributed by atoms with Crippen molar-refractivity contribution in [3.8, 4) is 0 Å². The Morgan fingerprint density at radius 3 is 2.00 bits per heavy atom. The summed E-state index contributed by atoms with van der Waals surface area (Å²) in [7, 11) is -4.31. The van der Waals surface area contributed by atoms with Crippen molar-refractivity contribution in [3.63, 3.8) is 0 Å². The zero-order valence-electron chi connectivity index (χ0n) is 6.84. The number of benzene rings is 1. The number of carboxylic acids is 1. The van der Waals surface area contributed by atoms with Crippen molar-refractivity contribution < 1.29 is 22.9 Å². The van der Waals surface area contributed by atoms with Crippen LogP contribution in [0.15, 0.2) is 24.3 Å². The first-order chi connectivity index (χ1) is 6.38. The normalized spacial score (nSPS) is 10.2. The Hall–Kier alpha value is -0.600. The van der Waals surface area contributed by atoms with Crippen LogP contribution in [0.25, 0.3) is 0 Å². The van der Waals surface area contributed by atoms with E-state index in [2.05, 4.69) is 0 Å². The van der Waals surface area contributed by atoms with Crippen LogP contribution in [0.1, 0.15) is 10.4 Å². The molecule has 6 nitrogen and oxygen atoms in total. The van der Waals surface area contributed by atoms with Crippen LogP contribution in [0.2, 0.25) is 0 Å². The number of hydrogen-bond acceptors (Lipinski definition) is 3. The number of nitrogens with one attached hydrogen (secondary N) is 1. The summed E-state index contributed by atoms with van der Waals surface area (Å²) in [6, 6.07) is 4.90. The fourth-order valence-electron chi connectivity index (χ4n) is 0.830. The zero-order valence-corrected chi connectivity index (χ0v) is 7.65. The Morgan fingerprint density at radius 2 is 1.67 bits per heavy atom. The fraction of sp³-hybridized carbons (Fsp3) is 0. The number of carboxylic acid groups (broad SMARTS) is 1. The van der Waals surface area contributed by atoms with Gasteiger partial charge in [0.25, 0.3) is 0 Å². The average Bonchev–Trinajstić information content (AvgIpc) is 2.02. The SMILES string of the molecule is O=C(O)c1ccc(NS(=O)(=O)O)cc1.[NaH]. The average molecular weight is 241 g/mol. The van der Waals surface area contributed by atoms with Crippen LogP contribution in [0.3, 0.4) is 0 Å². The van der Waals surface area contributed by atoms with Crippen LogP contribution in [0.4, 0.5) is 5.69 Å². The van der Waals surface area contributed by atoms with E-state index in [1.807, 2.05) is 0 Å². The molecular weight excluding hydrogens is 233 g/mol. The maximum atomic E-state index is 10.4. The first kappa shape index (κ1) is 14.4. The molecule has 0 saturated carbocycles. The molecule has 0 radical (unpaired) electrons. The Kier molecular flexibility index (Phi) is 5.26. The summed E-state index contributed by atoms with van der Waals surface area (Å²) in [6.07, 6.45) is 0. The molecule has 0 atom stereocenters. The third kappa shape index (κ3) is 5.14. The van der Waals surface area contributed by atoms with Gasteiger partial charge in [-0.3, -0.25) is 9.27 Å². The standard InChI is InChI=1S/C7H7NO5S.Na.H/c9-7(10)5-1-3-6(4-2-5)8-14(11,12)13;;/h1-4,8H,(H,9,10)(H,11,12,13);;. The van der Waals surface area contributed by atoms with Crippen molar-refractivity contribution >= 4 is 51.5 Å². The molecule has 0 aliphatic carbocycles. The van der Waals surface area contributed by atoms with Crippen molar-refractivity contribution in [3.05, 3.63) is 29.8 Å². The van der Waals surface area contributed by atoms with Gasteiger partial charge in [-0.15, -0.1) is 0 Å². The molecule has 1 aromatic carbocycles. The van der Waals surface area contributed by atoms with E-state index in [9.17, 15) is 13.2 Å². The molecule has 0 aromatic heterocycles. The van der Waals surface area contributed by atoms with E-state index in [1.165, 1.54) is 24.3 Å². The molecule has 3 N–H and O–H groups in total. The molecule has 0 aliphatic heterocycles. The molecule has 0 spiro atoms. The van der Waals surface area contributed by atoms with E-state index in [1.54, 1.807) is 4.72 Å². The molecule has 78 valence electrons. The van der Waals surface area contributed by atoms with Gasteiger partial charge in [0.1, 0.15) is 0 Å². The summed E-state index contributed by atoms with van der Waals surface area (Å²) in [5.41, 5.74) is 0.128. The van der Waals surface area contributed by atoms with Gasteiger partial charge in [-0.2, -0.15) is 8.42 Å². The van der Waals surface area contributed by atoms with Gasteiger partial charge in [0.05, 0.1) is 11.3 Å². The van der Waals surface area contributed by atoms with Crippen molar-refractivity contribution in [2.45, 2.75) is 0 Å². The quantitative estimate of drug-likeness (QED) is 0.508. The number of rotatable bonds is 3. The molecule has 1 aromatic rings. The molecule has 1 rings (SSSR count). The Labute approximate surface area is 108 Å². The Balaban J connectivity index is 0.00000196. The van der Waals surface area contributed by atoms with Gasteiger partial charge in [0.2, 0.25) is 0 Å². The van der Waals surface area contributed by atoms with Gasteiger partial charge in [-0.1, -0.05) is 0 Å². The van der Waals surface area contributed by atoms with Crippen molar-refractivity contribution in [2.75, 3.05) is 4.72 Å². The van der Waals surface area contributed by atoms with E-state index in [4.69, 9.17) is 9.66 Å². The van der Waals surface area contributed by atoms with Crippen LogP contribution in [-0.4, -0.2) is 53.6 Å². The minimum atomic E-state index is -4.31. The Bertz CT molecular complexity index is 441. The maximum absolute atomic E-state index is 10.4. The summed E-state index contributed by atoms with van der Waals surface area (Å²) in [5.74, 6) is -1.11. The fourth-order valence-corrected chi connectivity index (χ4v) is 1.26. The molecular formula is C7H8NNaO5S. The zero-order chi connectivity index (χ0) is 10.8. The predicted molar refractivity (Wildman–Crippen MR) is 55.7 cm³/mol. The molecule has 0 aliphatic rings. The van der Waals surface area contributed by atoms with Crippen LogP contribution < -0.4 is 4.72 Å². The molecule has 0 heterocycles. The number of carbonyl (C=O) groups is 1. The topological polar surface area (TPSA) is 104 Å². The minimum absolute atomic E-state index is 0. The first-order valence-corrected chi connectivity index (χ1v) is 4.91. The first-order valence-electron chi connectivity index (χ1n) is 3.47. The summed E-state index contributed by atoms with van der Waals surface area (Å²) >= 11 is 0. The monoisotopic (exact) mass is 241 g/mol. The van der Waals surface area contributed by atoms with E-state index in [0.717, 1.165) is 0 Å². The molecule has 8 heteroatoms. The summed E-state index contributed by atoms with van der Waals surface area (Å²) in [4.78, 5) is 10.4. The van der Waals surface area contributed by atoms with Crippen LogP contribution in [-0.2, 0) is 10.3 Å². The van der Waals surface area contributed by atoms with Crippen molar-refractivity contribution in [2.24, 2.45) is 0 Å². The van der Waals surface area contributed by atoms with Gasteiger partial charge in [-0.05, 0) is 24.3 Å². The summed E-state index contributed by atoms with van der Waals surface area (Å²) in [6.45, 7) is 0. The molecule has 0 amide bonds. The third-order valence-corrected chi connectivity index (χ3v) is 1.87. The number of anilines is 1. The second-order valence-electron chi connectivity index (χ2n) is 2.46. The summed E-state index contributed by atoms with van der Waals surface area (Å²) in [5, 5.41) is 8.52. The second kappa shape index (κ2) is 5.47. The van der Waals surface area contributed by atoms with Gasteiger partial charge in [-0.25, -0.2) is 4.79 Å². The van der Waals surface area contributed by atoms with Crippen molar-refractivity contribution in [1.82, 2.24) is 0 Å². The van der Waals surface area contributed by atoms with E-state index < -0.39 is 16.3 Å². The van der Waals surface area contributed by atoms with Crippen LogP contribution >= 0.6 is 0 Å². The predicted octanol–water partition coefficient (Wildman–Crippen LogP) is -0.0490. The molecule has 15 heavy (non-hydrogen) atoms. The van der Waals surface area contributed by atoms with Crippen LogP contribution in [0.5, 0.6) is 0 Å². The van der Waals surface area contributed by atoms with Gasteiger partial charge >= 0.3 is 45.8 Å². The molecule has 0 bridgehead atoms. The molecule has 0 saturated heterocycles. The van der Waals surface area contributed by atoms with Gasteiger partial charge in [0, 0.05) is 0 Å². The third-order valence-electron chi connectivity index (χ3n) is 1.38. The molecule has 0 unspecified atom stereocenters. The van der Waals surface area contributed by atoms with Gasteiger partial charge in [0.15, 0.2) is 0 Å². The number of hydrogen-bond donors (Lipinski definition) is 3. The van der Waals surface area contributed by atoms with Crippen LogP contribution in [0, 0.1) is 0 Å². The van der Waals surface area contributed by atoms with Crippen molar-refractivity contribution in [1.29, 1.82) is 0 Å². The second-order valence-corrected chi connectivity index (χ2v) is 3.61. The van der Waals surface area contributed by atoms with E-state index in [-0.39, 0.29) is 40.8 Å². The van der Waals surface area contributed by atoms with Gasteiger partial charge < -0.3 is 5.11 Å². The van der Waals surface area contributed by atoms with E-state index in [0.29, 0.717) is 0 Å². The molecule has 0 fully saturated rings. The number of aromatic carboxylic acids is 1. The summed E-state index contributed by atoms with van der Waals surface area (Å²) < 4.78 is 30.9.